The Bertz CT molecular complexity index is 809. The molecule has 0 unspecified atom stereocenters. The van der Waals surface area contributed by atoms with E-state index in [-0.39, 0.29) is 40.6 Å². The van der Waals surface area contributed by atoms with Crippen molar-refractivity contribution in [2.75, 3.05) is 19.5 Å². The highest BCUT2D eigenvalue weighted by molar-refractivity contribution is 6.33. The molecule has 0 saturated heterocycles. The monoisotopic (exact) mass is 390 g/mol. The molecule has 2 aromatic rings. The minimum atomic E-state index is -0.703. The molecule has 6 nitrogen and oxygen atoms in total. The zero-order valence-electron chi connectivity index (χ0n) is 15.6. The van der Waals surface area contributed by atoms with E-state index >= 15 is 0 Å². The molecule has 0 bridgehead atoms. The fourth-order valence-electron chi connectivity index (χ4n) is 2.52. The Hall–Kier alpha value is -2.73. The molecule has 144 valence electrons. The third kappa shape index (κ3) is 5.37. The van der Waals surface area contributed by atoms with E-state index < -0.39 is 5.97 Å². The summed E-state index contributed by atoms with van der Waals surface area (Å²) in [6, 6.07) is 12.4. The van der Waals surface area contributed by atoms with Gasteiger partial charge in [-0.3, -0.25) is 4.79 Å². The minimum absolute atomic E-state index is 0.0445. The van der Waals surface area contributed by atoms with E-state index in [0.29, 0.717) is 6.54 Å². The summed E-state index contributed by atoms with van der Waals surface area (Å²) in [4.78, 5) is 26.6. The maximum atomic E-state index is 12.6. The fourth-order valence-corrected chi connectivity index (χ4v) is 2.69. The second kappa shape index (κ2) is 9.28. The van der Waals surface area contributed by atoms with Crippen LogP contribution < -0.4 is 10.5 Å². The lowest BCUT2D eigenvalue weighted by molar-refractivity contribution is -0.136. The molecular weight excluding hydrogens is 368 g/mol. The topological polar surface area (TPSA) is 81.9 Å². The number of esters is 1. The van der Waals surface area contributed by atoms with Gasteiger partial charge in [0.25, 0.3) is 5.91 Å². The summed E-state index contributed by atoms with van der Waals surface area (Å²) in [5.74, 6) is -0.757. The van der Waals surface area contributed by atoms with Gasteiger partial charge in [-0.2, -0.15) is 0 Å². The highest BCUT2D eigenvalue weighted by Crippen LogP contribution is 2.29. The first kappa shape index (κ1) is 20.6. The molecule has 2 N–H and O–H groups in total. The number of nitrogen functional groups attached to an aromatic ring is 1. The zero-order chi connectivity index (χ0) is 20.0. The summed E-state index contributed by atoms with van der Waals surface area (Å²) in [6.07, 6.45) is 0. The van der Waals surface area contributed by atoms with Crippen molar-refractivity contribution in [3.8, 4) is 5.75 Å². The number of amides is 1. The molecule has 7 heteroatoms. The van der Waals surface area contributed by atoms with Crippen LogP contribution in [0.4, 0.5) is 5.69 Å². The highest BCUT2D eigenvalue weighted by atomic mass is 35.5. The van der Waals surface area contributed by atoms with Crippen molar-refractivity contribution < 1.29 is 19.1 Å². The van der Waals surface area contributed by atoms with Crippen LogP contribution in [0.25, 0.3) is 0 Å². The number of rotatable bonds is 7. The Balaban J connectivity index is 2.06. The average molecular weight is 391 g/mol. The third-order valence-corrected chi connectivity index (χ3v) is 4.33. The van der Waals surface area contributed by atoms with Gasteiger partial charge in [-0.1, -0.05) is 41.9 Å². The van der Waals surface area contributed by atoms with Gasteiger partial charge < -0.3 is 20.1 Å². The van der Waals surface area contributed by atoms with Gasteiger partial charge in [0.15, 0.2) is 6.61 Å². The van der Waals surface area contributed by atoms with Crippen LogP contribution in [0.2, 0.25) is 5.02 Å². The van der Waals surface area contributed by atoms with Crippen molar-refractivity contribution in [1.29, 1.82) is 0 Å². The molecule has 2 aromatic carbocycles. The molecule has 0 aliphatic carbocycles. The average Bonchev–Trinajstić information content (AvgIpc) is 2.66. The van der Waals surface area contributed by atoms with E-state index in [2.05, 4.69) is 0 Å². The van der Waals surface area contributed by atoms with Crippen molar-refractivity contribution in [2.45, 2.75) is 26.4 Å². The normalized spacial score (nSPS) is 10.6. The maximum absolute atomic E-state index is 12.6. The molecular formula is C20H23ClN2O4. The largest absolute Gasteiger partial charge is 0.496 e. The van der Waals surface area contributed by atoms with Crippen LogP contribution >= 0.6 is 11.6 Å². The van der Waals surface area contributed by atoms with Crippen LogP contribution in [0, 0.1) is 0 Å². The number of carbonyl (C=O) groups excluding carboxylic acids is 2. The number of halogens is 1. The molecule has 0 spiro atoms. The lowest BCUT2D eigenvalue weighted by Crippen LogP contribution is -2.39. The lowest BCUT2D eigenvalue weighted by atomic mass is 10.2. The van der Waals surface area contributed by atoms with Gasteiger partial charge in [0, 0.05) is 18.7 Å². The Morgan fingerprint density at radius 2 is 1.85 bits per heavy atom. The standard InChI is InChI=1S/C20H23ClN2O4/c1-13(2)23(11-14-7-5-4-6-8-14)19(24)12-27-20(25)15-9-16(21)17(22)10-18(15)26-3/h4-10,13H,11-12,22H2,1-3H3. The SMILES string of the molecule is COc1cc(N)c(Cl)cc1C(=O)OCC(=O)N(Cc1ccccc1)C(C)C. The molecule has 0 radical (unpaired) electrons. The quantitative estimate of drug-likeness (QED) is 0.577. The van der Waals surface area contributed by atoms with Crippen molar-refractivity contribution >= 4 is 29.2 Å². The Kier molecular flexibility index (Phi) is 7.07. The van der Waals surface area contributed by atoms with Gasteiger partial charge in [0.05, 0.1) is 17.8 Å². The van der Waals surface area contributed by atoms with Gasteiger partial charge >= 0.3 is 5.97 Å². The van der Waals surface area contributed by atoms with Crippen LogP contribution in [-0.2, 0) is 16.1 Å². The van der Waals surface area contributed by atoms with Gasteiger partial charge in [-0.05, 0) is 25.5 Å². The van der Waals surface area contributed by atoms with Crippen molar-refractivity contribution in [3.05, 3.63) is 58.6 Å². The molecule has 27 heavy (non-hydrogen) atoms. The summed E-state index contributed by atoms with van der Waals surface area (Å²) >= 11 is 5.97. The Morgan fingerprint density at radius 1 is 1.19 bits per heavy atom. The predicted octanol–water partition coefficient (Wildman–Crippen LogP) is 3.52. The first-order chi connectivity index (χ1) is 12.8. The maximum Gasteiger partial charge on any atom is 0.342 e. The van der Waals surface area contributed by atoms with Crippen molar-refractivity contribution in [1.82, 2.24) is 4.90 Å². The molecule has 1 amide bonds. The van der Waals surface area contributed by atoms with E-state index in [4.69, 9.17) is 26.8 Å². The first-order valence-electron chi connectivity index (χ1n) is 8.47. The van der Waals surface area contributed by atoms with Gasteiger partial charge in [-0.15, -0.1) is 0 Å². The van der Waals surface area contributed by atoms with Crippen LogP contribution in [-0.4, -0.2) is 36.5 Å². The predicted molar refractivity (Wildman–Crippen MR) is 105 cm³/mol. The van der Waals surface area contributed by atoms with Gasteiger partial charge in [0.1, 0.15) is 11.3 Å². The number of anilines is 1. The molecule has 0 aliphatic heterocycles. The zero-order valence-corrected chi connectivity index (χ0v) is 16.3. The number of hydrogen-bond donors (Lipinski definition) is 1. The number of nitrogens with two attached hydrogens (primary N) is 1. The number of benzene rings is 2. The number of ether oxygens (including phenoxy) is 2. The van der Waals surface area contributed by atoms with E-state index in [1.165, 1.54) is 19.2 Å². The van der Waals surface area contributed by atoms with Crippen LogP contribution in [0.15, 0.2) is 42.5 Å². The number of nitrogens with zero attached hydrogens (tertiary/aromatic N) is 1. The van der Waals surface area contributed by atoms with E-state index in [1.54, 1.807) is 4.90 Å². The molecule has 0 heterocycles. The number of carbonyl (C=O) groups is 2. The summed E-state index contributed by atoms with van der Waals surface area (Å²) in [5, 5.41) is 0.210. The highest BCUT2D eigenvalue weighted by Gasteiger charge is 2.21. The summed E-state index contributed by atoms with van der Waals surface area (Å²) in [7, 11) is 1.41. The molecule has 0 atom stereocenters. The number of hydrogen-bond acceptors (Lipinski definition) is 5. The fraction of sp³-hybridized carbons (Fsp3) is 0.300. The molecule has 0 aromatic heterocycles. The molecule has 2 rings (SSSR count). The second-order valence-electron chi connectivity index (χ2n) is 6.25. The molecule has 0 saturated carbocycles. The lowest BCUT2D eigenvalue weighted by Gasteiger charge is -2.26. The van der Waals surface area contributed by atoms with Crippen molar-refractivity contribution in [2.24, 2.45) is 0 Å². The molecule has 0 aliphatic rings. The van der Waals surface area contributed by atoms with E-state index in [1.807, 2.05) is 44.2 Å². The van der Waals surface area contributed by atoms with Crippen LogP contribution in [0.3, 0.4) is 0 Å². The van der Waals surface area contributed by atoms with Crippen molar-refractivity contribution in [3.63, 3.8) is 0 Å². The van der Waals surface area contributed by atoms with E-state index in [9.17, 15) is 9.59 Å². The van der Waals surface area contributed by atoms with Gasteiger partial charge in [0.2, 0.25) is 0 Å². The molecule has 0 fully saturated rings. The Labute approximate surface area is 163 Å². The summed E-state index contributed by atoms with van der Waals surface area (Å²) in [5.41, 5.74) is 7.11. The van der Waals surface area contributed by atoms with Crippen LogP contribution in [0.5, 0.6) is 5.75 Å². The van der Waals surface area contributed by atoms with Crippen LogP contribution in [0.1, 0.15) is 29.8 Å². The van der Waals surface area contributed by atoms with E-state index in [0.717, 1.165) is 5.56 Å². The Morgan fingerprint density at radius 3 is 2.44 bits per heavy atom. The number of methoxy groups -OCH3 is 1. The summed E-state index contributed by atoms with van der Waals surface area (Å²) < 4.78 is 10.3. The smallest absolute Gasteiger partial charge is 0.342 e. The second-order valence-corrected chi connectivity index (χ2v) is 6.66. The summed E-state index contributed by atoms with van der Waals surface area (Å²) in [6.45, 7) is 3.87. The van der Waals surface area contributed by atoms with Gasteiger partial charge in [-0.25, -0.2) is 4.79 Å². The third-order valence-electron chi connectivity index (χ3n) is 4.00. The first-order valence-corrected chi connectivity index (χ1v) is 8.84. The minimum Gasteiger partial charge on any atom is -0.496 e.